The van der Waals surface area contributed by atoms with Crippen molar-refractivity contribution in [3.8, 4) is 0 Å². The molecule has 96 heavy (non-hydrogen) atoms. The average Bonchev–Trinajstić information content (AvgIpc) is 1.56. The van der Waals surface area contributed by atoms with Gasteiger partial charge in [0.1, 0.15) is 41.6 Å². The Bertz CT molecular complexity index is 3480. The lowest BCUT2D eigenvalue weighted by Gasteiger charge is -2.41. The number of hydroxylamine groups is 2. The third-order valence-electron chi connectivity index (χ3n) is 17.6. The van der Waals surface area contributed by atoms with Crippen molar-refractivity contribution in [2.45, 2.75) is 166 Å². The van der Waals surface area contributed by atoms with E-state index in [1.54, 1.807) is 65.1 Å². The number of carbonyl (C=O) groups excluding carboxylic acids is 10. The number of primary amides is 1. The van der Waals surface area contributed by atoms with E-state index < -0.39 is 125 Å². The number of nitrogens with two attached hydrogens (primary N) is 1. The van der Waals surface area contributed by atoms with Gasteiger partial charge in [0.25, 0.3) is 17.7 Å². The van der Waals surface area contributed by atoms with Gasteiger partial charge < -0.3 is 75.2 Å². The molecule has 0 aliphatic carbocycles. The van der Waals surface area contributed by atoms with Gasteiger partial charge in [-0.1, -0.05) is 74.4 Å². The van der Waals surface area contributed by atoms with E-state index in [0.717, 1.165) is 16.7 Å². The summed E-state index contributed by atoms with van der Waals surface area (Å²) in [6, 6.07) is 6.06. The lowest BCUT2D eigenvalue weighted by Crippen LogP contribution is -2.55. The Hall–Kier alpha value is -7.99. The molecule has 0 saturated carbocycles. The molecule has 0 unspecified atom stereocenters. The molecule has 4 bridgehead atoms. The number of rotatable bonds is 26. The number of allylic oxidation sites excluding steroid dienone is 3. The van der Waals surface area contributed by atoms with Gasteiger partial charge in [-0.05, 0) is 100.0 Å². The number of nitrogens with one attached hydrogen (secondary N) is 4. The van der Waals surface area contributed by atoms with Gasteiger partial charge in [0.05, 0.1) is 74.1 Å². The molecule has 0 spiro atoms. The molecule has 10 atom stereocenters. The second kappa shape index (κ2) is 33.8. The number of likely N-dealkylation sites (N-methyl/N-ethyl adjacent to an activating group) is 1. The molecule has 7 N–H and O–H groups in total. The number of amides is 7. The number of pyridine rings is 1. The maximum Gasteiger partial charge on any atom is 0.335 e. The van der Waals surface area contributed by atoms with E-state index in [4.69, 9.17) is 62.8 Å². The first-order valence-electron chi connectivity index (χ1n) is 32.0. The van der Waals surface area contributed by atoms with E-state index in [-0.39, 0.29) is 107 Å². The number of imide groups is 1. The lowest BCUT2D eigenvalue weighted by molar-refractivity contribution is -0.198. The monoisotopic (exact) mass is 1370 g/mol. The fourth-order valence-electron chi connectivity index (χ4n) is 11.9. The minimum atomic E-state index is -1.66. The van der Waals surface area contributed by atoms with E-state index in [0.29, 0.717) is 38.7 Å². The van der Waals surface area contributed by atoms with Crippen LogP contribution in [0.25, 0.3) is 10.9 Å². The number of hydrogen-bond donors (Lipinski definition) is 6. The SMILES string of the molecule is CO[C@@H]1/C=C/C=C(\C)Cc2cc(C)c(Cl)c(c2)N(C)C(=O)C[C@H](OC(=O)[C@H](C)N(C)C(=O)c2ccc(CC(=O)[C@H](CCCNC(N)=O)NC(=O)[C@@H](NC(=S)NCCOCCOCCC(=O)ON3C(=O)CCC3=O)C(C)C)c3ncccc23)[C@]2(C)O[C@H]2[C@H](C)[C@@H]2C[C@@]1(O)CC(=O)O2. The molecule has 0 radical (unpaired) electrons. The van der Waals surface area contributed by atoms with Crippen LogP contribution in [0, 0.1) is 18.8 Å². The van der Waals surface area contributed by atoms with Crippen LogP contribution in [0.15, 0.2) is 66.4 Å². The van der Waals surface area contributed by atoms with Crippen LogP contribution in [0.2, 0.25) is 5.02 Å². The summed E-state index contributed by atoms with van der Waals surface area (Å²) in [7, 11) is 4.45. The third-order valence-corrected chi connectivity index (χ3v) is 18.4. The second-order valence-corrected chi connectivity index (χ2v) is 26.0. The highest BCUT2D eigenvalue weighted by atomic mass is 35.5. The molecule has 7 rings (SSSR count). The van der Waals surface area contributed by atoms with Gasteiger partial charge in [-0.25, -0.2) is 14.4 Å². The largest absolute Gasteiger partial charge is 0.462 e. The Morgan fingerprint density at radius 1 is 0.958 bits per heavy atom. The van der Waals surface area contributed by atoms with Crippen molar-refractivity contribution in [1.29, 1.82) is 0 Å². The van der Waals surface area contributed by atoms with Crippen molar-refractivity contribution in [3.63, 3.8) is 0 Å². The number of hydrogen-bond acceptors (Lipinski definition) is 20. The normalized spacial score (nSPS) is 23.9. The predicted molar refractivity (Wildman–Crippen MR) is 355 cm³/mol. The summed E-state index contributed by atoms with van der Waals surface area (Å²) in [6.45, 7) is 13.1. The molecule has 3 fully saturated rings. The summed E-state index contributed by atoms with van der Waals surface area (Å²) in [4.78, 5) is 145. The highest BCUT2D eigenvalue weighted by Gasteiger charge is 2.64. The standard InChI is InChI=1S/C67H88ClN9O18S/c1-37(2)58(74-65(96)72-25-27-91-29-28-90-26-22-55(82)95-77-52(79)20-21-53(77)80)61(84)73-46(16-13-24-71-64(69)87)48(78)33-43-18-19-45(44-15-12-23-70-59(43)44)62(85)75(8)41(6)63(86)93-51-34-54(81)76(9)47-32-42(31-39(4)57(47)68)30-38(3)14-11-17-50(89-10)67(88)35-49(92-56(83)36-67)40(5)60-66(51,7)94-60/h11-12,14-15,17-19,23,31-32,37,40-41,46,49-51,58,60,88H,13,16,20-22,24-30,33-36H2,1-10H3,(H,73,84)(H3,69,71,87)(H2,72,74,96)/b17-11+,38-14+/t40-,41+,46+,49+,50-,51+,58+,60+,66+,67-/m1/s1. The molecule has 4 aliphatic rings. The quantitative estimate of drug-likeness (QED) is 0.0212. The first-order valence-corrected chi connectivity index (χ1v) is 32.7. The predicted octanol–water partition coefficient (Wildman–Crippen LogP) is 4.49. The number of esters is 2. The Balaban J connectivity index is 1.02. The van der Waals surface area contributed by atoms with Crippen molar-refractivity contribution < 1.29 is 86.3 Å². The Morgan fingerprint density at radius 3 is 2.35 bits per heavy atom. The van der Waals surface area contributed by atoms with Gasteiger partial charge in [0.15, 0.2) is 10.9 Å². The fourth-order valence-corrected chi connectivity index (χ4v) is 12.3. The zero-order valence-corrected chi connectivity index (χ0v) is 57.4. The number of ketones is 1. The molecular formula is C67H88ClN9O18S. The van der Waals surface area contributed by atoms with Crippen molar-refractivity contribution in [2.75, 3.05) is 65.6 Å². The number of thiocarbonyl (C=S) groups is 1. The zero-order valence-electron chi connectivity index (χ0n) is 55.8. The molecule has 29 heteroatoms. The number of aliphatic hydroxyl groups is 1. The molecule has 2 aromatic carbocycles. The highest BCUT2D eigenvalue weighted by Crippen LogP contribution is 2.50. The van der Waals surface area contributed by atoms with E-state index in [2.05, 4.69) is 26.3 Å². The number of benzene rings is 2. The maximum atomic E-state index is 14.7. The number of urea groups is 1. The van der Waals surface area contributed by atoms with Gasteiger partial charge in [-0.3, -0.25) is 38.5 Å². The van der Waals surface area contributed by atoms with E-state index >= 15 is 0 Å². The van der Waals surface area contributed by atoms with Crippen molar-refractivity contribution in [1.82, 2.24) is 36.2 Å². The Morgan fingerprint density at radius 2 is 1.67 bits per heavy atom. The number of ether oxygens (including phenoxy) is 6. The first kappa shape index (κ1) is 75.4. The van der Waals surface area contributed by atoms with Crippen LogP contribution < -0.4 is 31.9 Å². The summed E-state index contributed by atoms with van der Waals surface area (Å²) in [5.41, 5.74) is 6.10. The Labute approximate surface area is 568 Å². The average molecular weight is 1380 g/mol. The molecular weight excluding hydrogens is 1290 g/mol. The molecule has 4 aliphatic heterocycles. The van der Waals surface area contributed by atoms with Crippen LogP contribution in [-0.4, -0.2) is 199 Å². The van der Waals surface area contributed by atoms with Crippen LogP contribution in [0.4, 0.5) is 10.5 Å². The number of epoxide rings is 1. The smallest absolute Gasteiger partial charge is 0.335 e. The number of carbonyl (C=O) groups is 10. The van der Waals surface area contributed by atoms with Crippen LogP contribution in [0.3, 0.4) is 0 Å². The molecule has 3 saturated heterocycles. The third kappa shape index (κ3) is 19.4. The van der Waals surface area contributed by atoms with E-state index in [9.17, 15) is 53.1 Å². The lowest BCUT2D eigenvalue weighted by atomic mass is 9.78. The van der Waals surface area contributed by atoms with Gasteiger partial charge in [-0.2, -0.15) is 0 Å². The minimum absolute atomic E-state index is 0.0118. The summed E-state index contributed by atoms with van der Waals surface area (Å²) < 4.78 is 35.3. The summed E-state index contributed by atoms with van der Waals surface area (Å²) >= 11 is 12.4. The number of Topliss-reactive ketones (excluding diaryl/α,β-unsaturated/α-hetero) is 1. The summed E-state index contributed by atoms with van der Waals surface area (Å²) in [6.07, 6.45) is 2.64. The number of fused-ring (bicyclic) bond motifs is 6. The maximum absolute atomic E-state index is 14.7. The van der Waals surface area contributed by atoms with E-state index in [1.165, 1.54) is 43.1 Å². The van der Waals surface area contributed by atoms with Crippen LogP contribution in [-0.2, 0) is 84.5 Å². The highest BCUT2D eigenvalue weighted by molar-refractivity contribution is 7.80. The molecule has 7 amide bonds. The van der Waals surface area contributed by atoms with Crippen LogP contribution in [0.1, 0.15) is 120 Å². The van der Waals surface area contributed by atoms with Gasteiger partial charge in [0, 0.05) is 83.0 Å². The second-order valence-electron chi connectivity index (χ2n) is 25.2. The number of halogens is 1. The van der Waals surface area contributed by atoms with Gasteiger partial charge >= 0.3 is 23.9 Å². The molecule has 522 valence electrons. The number of methoxy groups -OCH3 is 1. The topological polar surface area (TPSA) is 356 Å². The molecule has 3 aromatic rings. The summed E-state index contributed by atoms with van der Waals surface area (Å²) in [5, 5.41) is 24.8. The minimum Gasteiger partial charge on any atom is -0.462 e. The number of nitrogens with zero attached hydrogens (tertiary/aromatic N) is 4. The molecule has 27 nitrogen and oxygen atoms in total. The molecule has 5 heterocycles. The van der Waals surface area contributed by atoms with Gasteiger partial charge in [0.2, 0.25) is 11.8 Å². The molecule has 1 aromatic heterocycles. The van der Waals surface area contributed by atoms with Crippen molar-refractivity contribution in [2.24, 2.45) is 17.6 Å². The number of aryl methyl sites for hydroxylation is 1. The van der Waals surface area contributed by atoms with Crippen LogP contribution >= 0.6 is 23.8 Å². The Kier molecular flexibility index (Phi) is 26.5. The number of anilines is 1. The van der Waals surface area contributed by atoms with Crippen molar-refractivity contribution >= 4 is 105 Å². The first-order chi connectivity index (χ1) is 45.5. The van der Waals surface area contributed by atoms with Crippen LogP contribution in [0.5, 0.6) is 0 Å². The van der Waals surface area contributed by atoms with Gasteiger partial charge in [-0.15, -0.1) is 5.06 Å². The fraction of sp³-hybridized carbons (Fsp3) is 0.552. The van der Waals surface area contributed by atoms with E-state index in [1.807, 2.05) is 32.1 Å². The zero-order chi connectivity index (χ0) is 70.3. The van der Waals surface area contributed by atoms with Crippen molar-refractivity contribution in [3.05, 3.63) is 93.7 Å². The summed E-state index contributed by atoms with van der Waals surface area (Å²) in [5.74, 6) is -6.45. The number of aromatic nitrogens is 1.